The molecule has 2 N–H and O–H groups in total. The van der Waals surface area contributed by atoms with E-state index in [2.05, 4.69) is 34.2 Å². The standard InChI is InChI=1S/C15H12N2O/c18-15-16-10-14(17-15)13-8-6-12(7-9-13)11-4-2-1-3-5-11/h1-10H,(H2,16,17,18). The molecule has 18 heavy (non-hydrogen) atoms. The molecule has 0 saturated heterocycles. The smallest absolute Gasteiger partial charge is 0.312 e. The Morgan fingerprint density at radius 2 is 1.33 bits per heavy atom. The van der Waals surface area contributed by atoms with Gasteiger partial charge < -0.3 is 9.97 Å². The minimum Gasteiger partial charge on any atom is -0.312 e. The second-order valence-electron chi connectivity index (χ2n) is 4.10. The second kappa shape index (κ2) is 4.37. The Balaban J connectivity index is 1.97. The fourth-order valence-corrected chi connectivity index (χ4v) is 1.96. The van der Waals surface area contributed by atoms with Crippen LogP contribution in [-0.4, -0.2) is 9.97 Å². The van der Waals surface area contributed by atoms with Crippen molar-refractivity contribution in [1.29, 1.82) is 0 Å². The van der Waals surface area contributed by atoms with E-state index in [0.717, 1.165) is 16.8 Å². The summed E-state index contributed by atoms with van der Waals surface area (Å²) in [4.78, 5) is 16.4. The third-order valence-electron chi connectivity index (χ3n) is 2.90. The molecule has 88 valence electrons. The average molecular weight is 236 g/mol. The molecule has 0 aliphatic rings. The predicted molar refractivity (Wildman–Crippen MR) is 72.3 cm³/mol. The molecule has 1 heterocycles. The molecule has 0 aliphatic carbocycles. The minimum atomic E-state index is -0.183. The molecular formula is C15H12N2O. The van der Waals surface area contributed by atoms with Crippen LogP contribution in [0.4, 0.5) is 0 Å². The van der Waals surface area contributed by atoms with Crippen LogP contribution in [0.1, 0.15) is 0 Å². The van der Waals surface area contributed by atoms with Gasteiger partial charge >= 0.3 is 5.69 Å². The van der Waals surface area contributed by atoms with E-state index in [1.54, 1.807) is 6.20 Å². The fourth-order valence-electron chi connectivity index (χ4n) is 1.96. The normalized spacial score (nSPS) is 10.4. The highest BCUT2D eigenvalue weighted by Crippen LogP contribution is 2.22. The zero-order chi connectivity index (χ0) is 12.4. The Labute approximate surface area is 104 Å². The summed E-state index contributed by atoms with van der Waals surface area (Å²) in [7, 11) is 0. The molecule has 3 nitrogen and oxygen atoms in total. The number of imidazole rings is 1. The summed E-state index contributed by atoms with van der Waals surface area (Å²) >= 11 is 0. The lowest BCUT2D eigenvalue weighted by Crippen LogP contribution is -1.99. The van der Waals surface area contributed by atoms with E-state index < -0.39 is 0 Å². The number of hydrogen-bond donors (Lipinski definition) is 2. The van der Waals surface area contributed by atoms with Crippen molar-refractivity contribution in [1.82, 2.24) is 9.97 Å². The molecule has 1 aromatic heterocycles. The average Bonchev–Trinajstić information content (AvgIpc) is 2.87. The molecule has 0 saturated carbocycles. The third-order valence-corrected chi connectivity index (χ3v) is 2.90. The number of benzene rings is 2. The lowest BCUT2D eigenvalue weighted by molar-refractivity contribution is 1.19. The summed E-state index contributed by atoms with van der Waals surface area (Å²) in [5.74, 6) is 0. The van der Waals surface area contributed by atoms with Crippen molar-refractivity contribution in [3.05, 3.63) is 71.3 Å². The fraction of sp³-hybridized carbons (Fsp3) is 0. The lowest BCUT2D eigenvalue weighted by atomic mass is 10.0. The van der Waals surface area contributed by atoms with Crippen LogP contribution < -0.4 is 5.69 Å². The summed E-state index contributed by atoms with van der Waals surface area (Å²) in [6.07, 6.45) is 1.68. The first kappa shape index (κ1) is 10.6. The SMILES string of the molecule is O=c1[nH]cc(-c2ccc(-c3ccccc3)cc2)[nH]1. The number of rotatable bonds is 2. The van der Waals surface area contributed by atoms with Crippen LogP contribution in [-0.2, 0) is 0 Å². The number of H-pyrrole nitrogens is 2. The molecule has 0 atom stereocenters. The van der Waals surface area contributed by atoms with Crippen molar-refractivity contribution in [2.75, 3.05) is 0 Å². The van der Waals surface area contributed by atoms with E-state index in [9.17, 15) is 4.79 Å². The highest BCUT2D eigenvalue weighted by molar-refractivity contribution is 5.68. The van der Waals surface area contributed by atoms with Gasteiger partial charge in [-0.3, -0.25) is 0 Å². The zero-order valence-corrected chi connectivity index (χ0v) is 9.68. The minimum absolute atomic E-state index is 0.183. The lowest BCUT2D eigenvalue weighted by Gasteiger charge is -2.02. The van der Waals surface area contributed by atoms with Crippen LogP contribution in [0, 0.1) is 0 Å². The van der Waals surface area contributed by atoms with Gasteiger partial charge in [-0.25, -0.2) is 4.79 Å². The van der Waals surface area contributed by atoms with Gasteiger partial charge in [0.25, 0.3) is 0 Å². The second-order valence-corrected chi connectivity index (χ2v) is 4.10. The van der Waals surface area contributed by atoms with Crippen LogP contribution in [0.25, 0.3) is 22.4 Å². The number of aromatic amines is 2. The Hall–Kier alpha value is -2.55. The number of aromatic nitrogens is 2. The van der Waals surface area contributed by atoms with Gasteiger partial charge in [0.2, 0.25) is 0 Å². The van der Waals surface area contributed by atoms with Crippen LogP contribution in [0.5, 0.6) is 0 Å². The molecule has 0 radical (unpaired) electrons. The molecule has 0 bridgehead atoms. The highest BCUT2D eigenvalue weighted by atomic mass is 16.1. The summed E-state index contributed by atoms with van der Waals surface area (Å²) in [6, 6.07) is 18.3. The Bertz CT molecular complexity index is 693. The van der Waals surface area contributed by atoms with Gasteiger partial charge in [0.1, 0.15) is 0 Å². The molecule has 0 amide bonds. The third kappa shape index (κ3) is 1.98. The van der Waals surface area contributed by atoms with Crippen molar-refractivity contribution >= 4 is 0 Å². The van der Waals surface area contributed by atoms with Gasteiger partial charge in [-0.05, 0) is 16.7 Å². The maximum Gasteiger partial charge on any atom is 0.323 e. The molecule has 0 aliphatic heterocycles. The van der Waals surface area contributed by atoms with Crippen molar-refractivity contribution in [2.45, 2.75) is 0 Å². The Morgan fingerprint density at radius 3 is 1.94 bits per heavy atom. The summed E-state index contributed by atoms with van der Waals surface area (Å²) < 4.78 is 0. The molecule has 3 aromatic rings. The summed E-state index contributed by atoms with van der Waals surface area (Å²) in [5, 5.41) is 0. The van der Waals surface area contributed by atoms with Crippen molar-refractivity contribution < 1.29 is 0 Å². The Kier molecular flexibility index (Phi) is 2.57. The van der Waals surface area contributed by atoms with Crippen molar-refractivity contribution in [3.63, 3.8) is 0 Å². The van der Waals surface area contributed by atoms with Gasteiger partial charge in [-0.15, -0.1) is 0 Å². The predicted octanol–water partition coefficient (Wildman–Crippen LogP) is 3.04. The summed E-state index contributed by atoms with van der Waals surface area (Å²) in [6.45, 7) is 0. The van der Waals surface area contributed by atoms with Crippen LogP contribution in [0.2, 0.25) is 0 Å². The number of nitrogens with one attached hydrogen (secondary N) is 2. The summed E-state index contributed by atoms with van der Waals surface area (Å²) in [5.41, 5.74) is 3.97. The molecule has 0 spiro atoms. The van der Waals surface area contributed by atoms with Gasteiger partial charge in [0.05, 0.1) is 5.69 Å². The molecule has 3 heteroatoms. The monoisotopic (exact) mass is 236 g/mol. The maximum atomic E-state index is 11.0. The number of hydrogen-bond acceptors (Lipinski definition) is 1. The van der Waals surface area contributed by atoms with Gasteiger partial charge in [0.15, 0.2) is 0 Å². The first-order chi connectivity index (χ1) is 8.83. The van der Waals surface area contributed by atoms with E-state index in [-0.39, 0.29) is 5.69 Å². The van der Waals surface area contributed by atoms with Crippen LogP contribution in [0.15, 0.2) is 65.6 Å². The van der Waals surface area contributed by atoms with E-state index >= 15 is 0 Å². The van der Waals surface area contributed by atoms with E-state index in [1.165, 1.54) is 5.56 Å². The van der Waals surface area contributed by atoms with Gasteiger partial charge in [-0.1, -0.05) is 54.6 Å². The molecule has 3 rings (SSSR count). The molecule has 2 aromatic carbocycles. The van der Waals surface area contributed by atoms with Gasteiger partial charge in [-0.2, -0.15) is 0 Å². The maximum absolute atomic E-state index is 11.0. The van der Waals surface area contributed by atoms with E-state index in [0.29, 0.717) is 0 Å². The largest absolute Gasteiger partial charge is 0.323 e. The molecule has 0 unspecified atom stereocenters. The quantitative estimate of drug-likeness (QED) is 0.706. The van der Waals surface area contributed by atoms with Crippen molar-refractivity contribution in [2.24, 2.45) is 0 Å². The van der Waals surface area contributed by atoms with E-state index in [1.807, 2.05) is 30.3 Å². The first-order valence-electron chi connectivity index (χ1n) is 5.76. The van der Waals surface area contributed by atoms with E-state index in [4.69, 9.17) is 0 Å². The zero-order valence-electron chi connectivity index (χ0n) is 9.68. The van der Waals surface area contributed by atoms with Crippen molar-refractivity contribution in [3.8, 4) is 22.4 Å². The van der Waals surface area contributed by atoms with Crippen LogP contribution in [0.3, 0.4) is 0 Å². The molecule has 0 fully saturated rings. The van der Waals surface area contributed by atoms with Gasteiger partial charge in [0, 0.05) is 6.20 Å². The molecular weight excluding hydrogens is 224 g/mol. The van der Waals surface area contributed by atoms with Crippen LogP contribution >= 0.6 is 0 Å². The topological polar surface area (TPSA) is 48.6 Å². The first-order valence-corrected chi connectivity index (χ1v) is 5.76. The highest BCUT2D eigenvalue weighted by Gasteiger charge is 2.01. The Morgan fingerprint density at radius 1 is 0.722 bits per heavy atom.